The SMILES string of the molecule is CN(CC1(O)CCCC1)C(=O)c1cc(O)ccc1[N+](=O)[O-]. The topological polar surface area (TPSA) is 104 Å². The maximum Gasteiger partial charge on any atom is 0.282 e. The van der Waals surface area contributed by atoms with Crippen LogP contribution in [0.3, 0.4) is 0 Å². The van der Waals surface area contributed by atoms with Gasteiger partial charge in [-0.05, 0) is 25.0 Å². The Balaban J connectivity index is 2.22. The van der Waals surface area contributed by atoms with E-state index in [1.165, 1.54) is 18.0 Å². The third-order valence-corrected chi connectivity index (χ3v) is 3.82. The van der Waals surface area contributed by atoms with Crippen LogP contribution < -0.4 is 0 Å². The van der Waals surface area contributed by atoms with Gasteiger partial charge in [-0.25, -0.2) is 0 Å². The van der Waals surface area contributed by atoms with Crippen molar-refractivity contribution in [2.24, 2.45) is 0 Å². The average Bonchev–Trinajstić information content (AvgIpc) is 2.83. The van der Waals surface area contributed by atoms with E-state index in [0.29, 0.717) is 12.8 Å². The van der Waals surface area contributed by atoms with Gasteiger partial charge in [-0.2, -0.15) is 0 Å². The predicted octanol–water partition coefficient (Wildman–Crippen LogP) is 1.68. The zero-order valence-corrected chi connectivity index (χ0v) is 11.8. The molecule has 114 valence electrons. The Morgan fingerprint density at radius 3 is 2.62 bits per heavy atom. The Hall–Kier alpha value is -2.15. The van der Waals surface area contributed by atoms with Crippen molar-refractivity contribution in [1.82, 2.24) is 4.90 Å². The third-order valence-electron chi connectivity index (χ3n) is 3.82. The number of hydrogen-bond donors (Lipinski definition) is 2. The second-order valence-corrected chi connectivity index (χ2v) is 5.55. The summed E-state index contributed by atoms with van der Waals surface area (Å²) in [6, 6.07) is 3.34. The minimum absolute atomic E-state index is 0.124. The van der Waals surface area contributed by atoms with E-state index >= 15 is 0 Å². The van der Waals surface area contributed by atoms with E-state index < -0.39 is 16.4 Å². The molecule has 1 aliphatic rings. The molecule has 2 N–H and O–H groups in total. The van der Waals surface area contributed by atoms with Gasteiger partial charge < -0.3 is 15.1 Å². The Morgan fingerprint density at radius 2 is 2.05 bits per heavy atom. The molecule has 0 aromatic heterocycles. The van der Waals surface area contributed by atoms with Gasteiger partial charge in [-0.15, -0.1) is 0 Å². The van der Waals surface area contributed by atoms with E-state index in [2.05, 4.69) is 0 Å². The lowest BCUT2D eigenvalue weighted by Crippen LogP contribution is -2.42. The molecule has 7 nitrogen and oxygen atoms in total. The van der Waals surface area contributed by atoms with Gasteiger partial charge in [-0.1, -0.05) is 12.8 Å². The number of carbonyl (C=O) groups excluding carboxylic acids is 1. The average molecular weight is 294 g/mol. The molecular formula is C14H18N2O5. The lowest BCUT2D eigenvalue weighted by atomic mass is 10.0. The van der Waals surface area contributed by atoms with Crippen molar-refractivity contribution in [3.8, 4) is 5.75 Å². The zero-order valence-electron chi connectivity index (χ0n) is 11.8. The minimum atomic E-state index is -0.921. The van der Waals surface area contributed by atoms with Gasteiger partial charge in [0, 0.05) is 19.7 Å². The summed E-state index contributed by atoms with van der Waals surface area (Å²) in [5.74, 6) is -0.796. The fourth-order valence-electron chi connectivity index (χ4n) is 2.76. The number of likely N-dealkylation sites (N-methyl/N-ethyl adjacent to an activating group) is 1. The van der Waals surface area contributed by atoms with E-state index in [0.717, 1.165) is 25.0 Å². The van der Waals surface area contributed by atoms with Crippen LogP contribution in [0.15, 0.2) is 18.2 Å². The van der Waals surface area contributed by atoms with Crippen molar-refractivity contribution in [2.45, 2.75) is 31.3 Å². The molecule has 1 amide bonds. The van der Waals surface area contributed by atoms with Crippen LogP contribution in [0.4, 0.5) is 5.69 Å². The number of aliphatic hydroxyl groups is 1. The molecule has 0 atom stereocenters. The number of aromatic hydroxyl groups is 1. The number of nitro benzene ring substituents is 1. The zero-order chi connectivity index (χ0) is 15.6. The summed E-state index contributed by atoms with van der Waals surface area (Å²) in [7, 11) is 1.49. The molecule has 0 unspecified atom stereocenters. The number of benzene rings is 1. The molecule has 0 aliphatic heterocycles. The first-order valence-corrected chi connectivity index (χ1v) is 6.78. The normalized spacial score (nSPS) is 16.7. The van der Waals surface area contributed by atoms with Gasteiger partial charge in [0.15, 0.2) is 0 Å². The third kappa shape index (κ3) is 3.30. The maximum absolute atomic E-state index is 12.4. The summed E-state index contributed by atoms with van der Waals surface area (Å²) in [5, 5.41) is 30.7. The molecular weight excluding hydrogens is 276 g/mol. The van der Waals surface area contributed by atoms with Gasteiger partial charge in [0.25, 0.3) is 11.6 Å². The van der Waals surface area contributed by atoms with Crippen molar-refractivity contribution in [3.05, 3.63) is 33.9 Å². The molecule has 0 bridgehead atoms. The second-order valence-electron chi connectivity index (χ2n) is 5.55. The lowest BCUT2D eigenvalue weighted by Gasteiger charge is -2.28. The molecule has 7 heteroatoms. The Kier molecular flexibility index (Phi) is 4.13. The number of phenols is 1. The van der Waals surface area contributed by atoms with Crippen molar-refractivity contribution in [1.29, 1.82) is 0 Å². The summed E-state index contributed by atoms with van der Waals surface area (Å²) >= 11 is 0. The fourth-order valence-corrected chi connectivity index (χ4v) is 2.76. The first-order valence-electron chi connectivity index (χ1n) is 6.78. The molecule has 1 aromatic carbocycles. The molecule has 21 heavy (non-hydrogen) atoms. The van der Waals surface area contributed by atoms with Crippen LogP contribution in [0.2, 0.25) is 0 Å². The summed E-state index contributed by atoms with van der Waals surface area (Å²) in [5.41, 5.74) is -1.46. The molecule has 0 saturated heterocycles. The molecule has 0 radical (unpaired) electrons. The first kappa shape index (κ1) is 15.2. The number of nitro groups is 1. The van der Waals surface area contributed by atoms with E-state index in [4.69, 9.17) is 0 Å². The Bertz CT molecular complexity index is 566. The van der Waals surface area contributed by atoms with Crippen LogP contribution >= 0.6 is 0 Å². The quantitative estimate of drug-likeness (QED) is 0.649. The number of phenolic OH excluding ortho intramolecular Hbond substituents is 1. The minimum Gasteiger partial charge on any atom is -0.508 e. The number of nitrogens with zero attached hydrogens (tertiary/aromatic N) is 2. The summed E-state index contributed by atoms with van der Waals surface area (Å²) in [6.07, 6.45) is 3.05. The molecule has 2 rings (SSSR count). The molecule has 1 fully saturated rings. The van der Waals surface area contributed by atoms with Crippen LogP contribution in [0, 0.1) is 10.1 Å². The highest BCUT2D eigenvalue weighted by molar-refractivity contribution is 5.98. The smallest absolute Gasteiger partial charge is 0.282 e. The van der Waals surface area contributed by atoms with Crippen LogP contribution in [0.5, 0.6) is 5.75 Å². The monoisotopic (exact) mass is 294 g/mol. The van der Waals surface area contributed by atoms with E-state index in [1.54, 1.807) is 0 Å². The van der Waals surface area contributed by atoms with Crippen LogP contribution in [0.25, 0.3) is 0 Å². The van der Waals surface area contributed by atoms with Crippen molar-refractivity contribution in [3.63, 3.8) is 0 Å². The number of hydrogen-bond acceptors (Lipinski definition) is 5. The highest BCUT2D eigenvalue weighted by Gasteiger charge is 2.34. The van der Waals surface area contributed by atoms with Crippen LogP contribution in [-0.4, -0.2) is 45.1 Å². The van der Waals surface area contributed by atoms with Crippen molar-refractivity contribution in [2.75, 3.05) is 13.6 Å². The summed E-state index contributed by atoms with van der Waals surface area (Å²) in [4.78, 5) is 23.9. The first-order chi connectivity index (χ1) is 9.82. The highest BCUT2D eigenvalue weighted by atomic mass is 16.6. The molecule has 1 aromatic rings. The van der Waals surface area contributed by atoms with E-state index in [9.17, 15) is 25.1 Å². The largest absolute Gasteiger partial charge is 0.508 e. The standard InChI is InChI=1S/C14H18N2O5/c1-15(9-14(19)6-2-3-7-14)13(18)11-8-10(17)4-5-12(11)16(20)21/h4-5,8,17,19H,2-3,6-7,9H2,1H3. The van der Waals surface area contributed by atoms with Gasteiger partial charge in [0.2, 0.25) is 0 Å². The Morgan fingerprint density at radius 1 is 1.43 bits per heavy atom. The second kappa shape index (κ2) is 5.69. The maximum atomic E-state index is 12.4. The van der Waals surface area contributed by atoms with Crippen LogP contribution in [0.1, 0.15) is 36.0 Å². The van der Waals surface area contributed by atoms with Crippen molar-refractivity contribution >= 4 is 11.6 Å². The van der Waals surface area contributed by atoms with E-state index in [1.807, 2.05) is 0 Å². The summed E-state index contributed by atoms with van der Waals surface area (Å²) in [6.45, 7) is 0.124. The lowest BCUT2D eigenvalue weighted by molar-refractivity contribution is -0.385. The Labute approximate surface area is 122 Å². The van der Waals surface area contributed by atoms with Gasteiger partial charge >= 0.3 is 0 Å². The van der Waals surface area contributed by atoms with Gasteiger partial charge in [0.1, 0.15) is 11.3 Å². The van der Waals surface area contributed by atoms with Gasteiger partial charge in [0.05, 0.1) is 10.5 Å². The number of amides is 1. The highest BCUT2D eigenvalue weighted by Crippen LogP contribution is 2.31. The predicted molar refractivity (Wildman–Crippen MR) is 75.1 cm³/mol. The van der Waals surface area contributed by atoms with Crippen LogP contribution in [-0.2, 0) is 0 Å². The molecule has 1 aliphatic carbocycles. The molecule has 0 heterocycles. The van der Waals surface area contributed by atoms with Gasteiger partial charge in [-0.3, -0.25) is 14.9 Å². The van der Waals surface area contributed by atoms with Crippen molar-refractivity contribution < 1.29 is 19.9 Å². The molecule has 0 spiro atoms. The van der Waals surface area contributed by atoms with E-state index in [-0.39, 0.29) is 23.5 Å². The number of rotatable bonds is 4. The fraction of sp³-hybridized carbons (Fsp3) is 0.500. The number of carbonyl (C=O) groups is 1. The summed E-state index contributed by atoms with van der Waals surface area (Å²) < 4.78 is 0. The molecule has 1 saturated carbocycles.